The molecule has 0 aromatic heterocycles. The van der Waals surface area contributed by atoms with Gasteiger partial charge in [-0.05, 0) is 36.2 Å². The summed E-state index contributed by atoms with van der Waals surface area (Å²) in [6.45, 7) is 1.84. The number of anilines is 1. The molecule has 0 radical (unpaired) electrons. The molecular formula is C17H16FNO2. The number of nitrogens with zero attached hydrogens (tertiary/aromatic N) is 1. The summed E-state index contributed by atoms with van der Waals surface area (Å²) in [5, 5.41) is 10.4. The maximum atomic E-state index is 13.8. The predicted molar refractivity (Wildman–Crippen MR) is 78.7 cm³/mol. The maximum absolute atomic E-state index is 13.8. The molecule has 0 saturated carbocycles. The second kappa shape index (κ2) is 4.97. The Hall–Kier alpha value is -2.20. The highest BCUT2D eigenvalue weighted by Crippen LogP contribution is 2.38. The first-order valence-corrected chi connectivity index (χ1v) is 6.84. The molecule has 0 fully saturated rings. The Bertz CT molecular complexity index is 714. The molecule has 4 heteroatoms. The van der Waals surface area contributed by atoms with Gasteiger partial charge in [-0.2, -0.15) is 0 Å². The summed E-state index contributed by atoms with van der Waals surface area (Å²) < 4.78 is 13.8. The molecule has 1 amide bonds. The first kappa shape index (κ1) is 13.8. The number of hydrogen-bond acceptors (Lipinski definition) is 2. The Morgan fingerprint density at radius 2 is 1.95 bits per heavy atom. The summed E-state index contributed by atoms with van der Waals surface area (Å²) >= 11 is 0. The number of fused-ring (bicyclic) bond motifs is 1. The zero-order valence-electron chi connectivity index (χ0n) is 11.9. The van der Waals surface area contributed by atoms with Gasteiger partial charge in [-0.3, -0.25) is 4.79 Å². The van der Waals surface area contributed by atoms with Gasteiger partial charge in [0.2, 0.25) is 5.91 Å². The standard InChI is InChI=1S/C17H16FNO2/c1-10-13-9-11(7-8-15(13)19(2)17(10)21)16(20)12-5-3-4-6-14(12)18/h3-10,16,20H,1-2H3. The van der Waals surface area contributed by atoms with E-state index in [0.717, 1.165) is 11.3 Å². The van der Waals surface area contributed by atoms with Crippen LogP contribution < -0.4 is 4.90 Å². The van der Waals surface area contributed by atoms with E-state index in [1.54, 1.807) is 48.3 Å². The van der Waals surface area contributed by atoms with Crippen LogP contribution in [0.25, 0.3) is 0 Å². The van der Waals surface area contributed by atoms with Gasteiger partial charge in [0.15, 0.2) is 0 Å². The molecule has 3 nitrogen and oxygen atoms in total. The van der Waals surface area contributed by atoms with Gasteiger partial charge in [0.05, 0.1) is 5.92 Å². The van der Waals surface area contributed by atoms with Crippen LogP contribution in [-0.4, -0.2) is 18.1 Å². The quantitative estimate of drug-likeness (QED) is 0.921. The Balaban J connectivity index is 2.03. The predicted octanol–water partition coefficient (Wildman–Crippen LogP) is 2.99. The van der Waals surface area contributed by atoms with Gasteiger partial charge in [0, 0.05) is 18.3 Å². The summed E-state index contributed by atoms with van der Waals surface area (Å²) in [4.78, 5) is 13.6. The molecule has 2 aromatic rings. The van der Waals surface area contributed by atoms with Gasteiger partial charge >= 0.3 is 0 Å². The van der Waals surface area contributed by atoms with E-state index >= 15 is 0 Å². The smallest absolute Gasteiger partial charge is 0.234 e. The minimum atomic E-state index is -1.04. The Kier molecular flexibility index (Phi) is 3.26. The lowest BCUT2D eigenvalue weighted by atomic mass is 9.95. The van der Waals surface area contributed by atoms with Crippen molar-refractivity contribution in [2.45, 2.75) is 18.9 Å². The molecule has 1 aliphatic heterocycles. The first-order chi connectivity index (χ1) is 10.0. The zero-order valence-corrected chi connectivity index (χ0v) is 11.9. The van der Waals surface area contributed by atoms with Gasteiger partial charge in [0.25, 0.3) is 0 Å². The summed E-state index contributed by atoms with van der Waals surface area (Å²) in [5.74, 6) is -0.646. The van der Waals surface area contributed by atoms with Crippen molar-refractivity contribution >= 4 is 11.6 Å². The lowest BCUT2D eigenvalue weighted by molar-refractivity contribution is -0.118. The maximum Gasteiger partial charge on any atom is 0.234 e. The topological polar surface area (TPSA) is 40.5 Å². The summed E-state index contributed by atoms with van der Waals surface area (Å²) in [7, 11) is 1.73. The van der Waals surface area contributed by atoms with Gasteiger partial charge < -0.3 is 10.0 Å². The van der Waals surface area contributed by atoms with Gasteiger partial charge in [0.1, 0.15) is 11.9 Å². The number of carbonyl (C=O) groups excluding carboxylic acids is 1. The fourth-order valence-corrected chi connectivity index (χ4v) is 2.81. The van der Waals surface area contributed by atoms with E-state index < -0.39 is 11.9 Å². The van der Waals surface area contributed by atoms with Crippen LogP contribution in [0.3, 0.4) is 0 Å². The number of halogens is 1. The number of carbonyl (C=O) groups is 1. The third-order valence-electron chi connectivity index (χ3n) is 4.10. The molecule has 1 N–H and O–H groups in total. The number of likely N-dealkylation sites (N-methyl/N-ethyl adjacent to an activating group) is 1. The fourth-order valence-electron chi connectivity index (χ4n) is 2.81. The van der Waals surface area contributed by atoms with E-state index in [0.29, 0.717) is 5.56 Å². The minimum absolute atomic E-state index is 0.0301. The van der Waals surface area contributed by atoms with Crippen molar-refractivity contribution in [3.8, 4) is 0 Å². The number of rotatable bonds is 2. The van der Waals surface area contributed by atoms with E-state index in [9.17, 15) is 14.3 Å². The van der Waals surface area contributed by atoms with Crippen molar-refractivity contribution < 1.29 is 14.3 Å². The van der Waals surface area contributed by atoms with Gasteiger partial charge in [-0.25, -0.2) is 4.39 Å². The Labute approximate surface area is 122 Å². The third-order valence-corrected chi connectivity index (χ3v) is 4.10. The molecule has 1 heterocycles. The van der Waals surface area contributed by atoms with Crippen LogP contribution in [0, 0.1) is 5.82 Å². The summed E-state index contributed by atoms with van der Waals surface area (Å²) in [6, 6.07) is 11.5. The number of aliphatic hydroxyl groups is 1. The van der Waals surface area contributed by atoms with Crippen molar-refractivity contribution in [3.63, 3.8) is 0 Å². The Morgan fingerprint density at radius 3 is 2.67 bits per heavy atom. The molecule has 2 aromatic carbocycles. The van der Waals surface area contributed by atoms with Crippen LogP contribution in [0.2, 0.25) is 0 Å². The fraction of sp³-hybridized carbons (Fsp3) is 0.235. The van der Waals surface area contributed by atoms with Crippen LogP contribution in [0.1, 0.15) is 35.6 Å². The molecule has 3 rings (SSSR count). The number of aliphatic hydroxyl groups excluding tert-OH is 1. The average Bonchev–Trinajstić information content (AvgIpc) is 2.71. The van der Waals surface area contributed by atoms with Gasteiger partial charge in [-0.1, -0.05) is 24.3 Å². The minimum Gasteiger partial charge on any atom is -0.384 e. The molecule has 2 atom stereocenters. The summed E-state index contributed by atoms with van der Waals surface area (Å²) in [5.41, 5.74) is 2.55. The molecule has 21 heavy (non-hydrogen) atoms. The molecule has 0 saturated heterocycles. The van der Waals surface area contributed by atoms with Crippen LogP contribution in [0.5, 0.6) is 0 Å². The molecule has 1 aliphatic rings. The van der Waals surface area contributed by atoms with E-state index in [2.05, 4.69) is 0 Å². The van der Waals surface area contributed by atoms with Crippen LogP contribution >= 0.6 is 0 Å². The molecule has 2 unspecified atom stereocenters. The lowest BCUT2D eigenvalue weighted by Gasteiger charge is -2.15. The highest BCUT2D eigenvalue weighted by Gasteiger charge is 2.32. The molecule has 0 bridgehead atoms. The number of hydrogen-bond donors (Lipinski definition) is 1. The van der Waals surface area contributed by atoms with Crippen LogP contribution in [0.15, 0.2) is 42.5 Å². The van der Waals surface area contributed by atoms with E-state index in [1.807, 2.05) is 6.92 Å². The van der Waals surface area contributed by atoms with Gasteiger partial charge in [-0.15, -0.1) is 0 Å². The highest BCUT2D eigenvalue weighted by atomic mass is 19.1. The van der Waals surface area contributed by atoms with E-state index in [1.165, 1.54) is 6.07 Å². The van der Waals surface area contributed by atoms with E-state index in [4.69, 9.17) is 0 Å². The van der Waals surface area contributed by atoms with E-state index in [-0.39, 0.29) is 17.4 Å². The second-order valence-corrected chi connectivity index (χ2v) is 5.36. The number of benzene rings is 2. The highest BCUT2D eigenvalue weighted by molar-refractivity contribution is 6.04. The zero-order chi connectivity index (χ0) is 15.1. The molecule has 0 spiro atoms. The largest absolute Gasteiger partial charge is 0.384 e. The molecule has 108 valence electrons. The Morgan fingerprint density at radius 1 is 1.24 bits per heavy atom. The normalized spacial score (nSPS) is 18.8. The van der Waals surface area contributed by atoms with Crippen molar-refractivity contribution in [2.75, 3.05) is 11.9 Å². The second-order valence-electron chi connectivity index (χ2n) is 5.36. The van der Waals surface area contributed by atoms with Crippen molar-refractivity contribution in [1.29, 1.82) is 0 Å². The van der Waals surface area contributed by atoms with Crippen molar-refractivity contribution in [2.24, 2.45) is 0 Å². The van der Waals surface area contributed by atoms with Crippen molar-refractivity contribution in [1.82, 2.24) is 0 Å². The SMILES string of the molecule is CC1C(=O)N(C)c2ccc(C(O)c3ccccc3F)cc21. The monoisotopic (exact) mass is 285 g/mol. The van der Waals surface area contributed by atoms with Crippen LogP contribution in [-0.2, 0) is 4.79 Å². The lowest BCUT2D eigenvalue weighted by Crippen LogP contribution is -2.22. The third kappa shape index (κ3) is 2.12. The average molecular weight is 285 g/mol. The van der Waals surface area contributed by atoms with Crippen molar-refractivity contribution in [3.05, 3.63) is 65.0 Å². The molecular weight excluding hydrogens is 269 g/mol. The summed E-state index contributed by atoms with van der Waals surface area (Å²) in [6.07, 6.45) is -1.04. The molecule has 0 aliphatic carbocycles. The first-order valence-electron chi connectivity index (χ1n) is 6.84. The number of amides is 1. The van der Waals surface area contributed by atoms with Crippen LogP contribution in [0.4, 0.5) is 10.1 Å².